The fraction of sp³-hybridized carbons (Fsp3) is 0.333. The van der Waals surface area contributed by atoms with E-state index in [2.05, 4.69) is 4.74 Å². The van der Waals surface area contributed by atoms with E-state index in [0.29, 0.717) is 18.2 Å². The SMILES string of the molecule is COC(=O)c1ccc(Cn2ccn(C3CC3)c2=O)cc1. The highest BCUT2D eigenvalue weighted by molar-refractivity contribution is 5.89. The van der Waals surface area contributed by atoms with Crippen LogP contribution in [-0.4, -0.2) is 22.2 Å². The average molecular weight is 272 g/mol. The van der Waals surface area contributed by atoms with E-state index >= 15 is 0 Å². The molecule has 5 heteroatoms. The molecule has 1 aromatic heterocycles. The predicted octanol–water partition coefficient (Wildman–Crippen LogP) is 1.82. The van der Waals surface area contributed by atoms with Crippen molar-refractivity contribution in [1.82, 2.24) is 9.13 Å². The first-order chi connectivity index (χ1) is 9.69. The zero-order valence-electron chi connectivity index (χ0n) is 11.3. The highest BCUT2D eigenvalue weighted by Crippen LogP contribution is 2.33. The standard InChI is InChI=1S/C15H16N2O3/c1-20-14(18)12-4-2-11(3-5-12)10-16-8-9-17(15(16)19)13-6-7-13/h2-5,8-9,13H,6-7,10H2,1H3. The smallest absolute Gasteiger partial charge is 0.337 e. The van der Waals surface area contributed by atoms with E-state index < -0.39 is 0 Å². The van der Waals surface area contributed by atoms with Crippen LogP contribution in [0.4, 0.5) is 0 Å². The van der Waals surface area contributed by atoms with Gasteiger partial charge in [0.2, 0.25) is 0 Å². The average Bonchev–Trinajstić information content (AvgIpc) is 3.25. The van der Waals surface area contributed by atoms with Crippen molar-refractivity contribution in [3.8, 4) is 0 Å². The van der Waals surface area contributed by atoms with Gasteiger partial charge in [-0.05, 0) is 30.5 Å². The van der Waals surface area contributed by atoms with Crippen molar-refractivity contribution in [2.75, 3.05) is 7.11 Å². The molecule has 0 radical (unpaired) electrons. The number of benzene rings is 1. The van der Waals surface area contributed by atoms with Crippen molar-refractivity contribution in [3.05, 3.63) is 58.3 Å². The molecule has 1 aromatic carbocycles. The molecule has 0 spiro atoms. The van der Waals surface area contributed by atoms with Gasteiger partial charge in [0.15, 0.2) is 0 Å². The van der Waals surface area contributed by atoms with Gasteiger partial charge in [-0.25, -0.2) is 9.59 Å². The second kappa shape index (κ2) is 5.00. The molecule has 104 valence electrons. The Balaban J connectivity index is 1.77. The maximum atomic E-state index is 12.1. The lowest BCUT2D eigenvalue weighted by Gasteiger charge is -2.04. The summed E-state index contributed by atoms with van der Waals surface area (Å²) >= 11 is 0. The largest absolute Gasteiger partial charge is 0.465 e. The first kappa shape index (κ1) is 12.7. The number of rotatable bonds is 4. The third-order valence-corrected chi connectivity index (χ3v) is 3.54. The lowest BCUT2D eigenvalue weighted by atomic mass is 10.1. The van der Waals surface area contributed by atoms with Gasteiger partial charge in [-0.3, -0.25) is 9.13 Å². The van der Waals surface area contributed by atoms with Crippen molar-refractivity contribution in [2.24, 2.45) is 0 Å². The van der Waals surface area contributed by atoms with Crippen LogP contribution >= 0.6 is 0 Å². The molecule has 1 aliphatic rings. The number of hydrogen-bond acceptors (Lipinski definition) is 3. The van der Waals surface area contributed by atoms with E-state index in [4.69, 9.17) is 0 Å². The number of hydrogen-bond donors (Lipinski definition) is 0. The molecule has 5 nitrogen and oxygen atoms in total. The third kappa shape index (κ3) is 2.39. The maximum Gasteiger partial charge on any atom is 0.337 e. The maximum absolute atomic E-state index is 12.1. The summed E-state index contributed by atoms with van der Waals surface area (Å²) in [4.78, 5) is 23.5. The Labute approximate surface area is 116 Å². The number of carbonyl (C=O) groups excluding carboxylic acids is 1. The number of methoxy groups -OCH3 is 1. The molecule has 0 N–H and O–H groups in total. The minimum atomic E-state index is -0.353. The lowest BCUT2D eigenvalue weighted by Crippen LogP contribution is -2.23. The van der Waals surface area contributed by atoms with Crippen LogP contribution in [0.15, 0.2) is 41.5 Å². The van der Waals surface area contributed by atoms with Crippen molar-refractivity contribution < 1.29 is 9.53 Å². The van der Waals surface area contributed by atoms with Crippen LogP contribution < -0.4 is 5.69 Å². The predicted molar refractivity (Wildman–Crippen MR) is 73.8 cm³/mol. The Morgan fingerprint density at radius 2 is 1.95 bits per heavy atom. The Kier molecular flexibility index (Phi) is 3.18. The van der Waals surface area contributed by atoms with Gasteiger partial charge in [0.05, 0.1) is 19.2 Å². The van der Waals surface area contributed by atoms with Crippen molar-refractivity contribution in [3.63, 3.8) is 0 Å². The summed E-state index contributed by atoms with van der Waals surface area (Å²) < 4.78 is 8.13. The highest BCUT2D eigenvalue weighted by atomic mass is 16.5. The molecule has 0 amide bonds. The van der Waals surface area contributed by atoms with E-state index in [1.165, 1.54) is 7.11 Å². The van der Waals surface area contributed by atoms with Gasteiger partial charge in [-0.2, -0.15) is 0 Å². The summed E-state index contributed by atoms with van der Waals surface area (Å²) in [7, 11) is 1.36. The van der Waals surface area contributed by atoms with Crippen LogP contribution in [0.25, 0.3) is 0 Å². The van der Waals surface area contributed by atoms with Crippen molar-refractivity contribution >= 4 is 5.97 Å². The van der Waals surface area contributed by atoms with Crippen LogP contribution in [0, 0.1) is 0 Å². The van der Waals surface area contributed by atoms with Crippen LogP contribution in [0.2, 0.25) is 0 Å². The second-order valence-electron chi connectivity index (χ2n) is 5.04. The lowest BCUT2D eigenvalue weighted by molar-refractivity contribution is 0.0600. The Hall–Kier alpha value is -2.30. The Bertz CT molecular complexity index is 678. The fourth-order valence-corrected chi connectivity index (χ4v) is 2.24. The molecule has 0 aliphatic heterocycles. The van der Waals surface area contributed by atoms with Gasteiger partial charge < -0.3 is 4.74 Å². The van der Waals surface area contributed by atoms with E-state index in [1.54, 1.807) is 21.3 Å². The number of carbonyl (C=O) groups is 1. The summed E-state index contributed by atoms with van der Waals surface area (Å²) in [6.45, 7) is 0.514. The van der Waals surface area contributed by atoms with Crippen molar-refractivity contribution in [1.29, 1.82) is 0 Å². The number of imidazole rings is 1. The molecule has 1 saturated carbocycles. The molecule has 20 heavy (non-hydrogen) atoms. The number of ether oxygens (including phenoxy) is 1. The normalized spacial score (nSPS) is 14.2. The molecule has 1 heterocycles. The summed E-state index contributed by atoms with van der Waals surface area (Å²) in [5, 5.41) is 0. The van der Waals surface area contributed by atoms with Crippen molar-refractivity contribution in [2.45, 2.75) is 25.4 Å². The minimum Gasteiger partial charge on any atom is -0.465 e. The van der Waals surface area contributed by atoms with E-state index in [9.17, 15) is 9.59 Å². The van der Waals surface area contributed by atoms with Crippen LogP contribution in [-0.2, 0) is 11.3 Å². The second-order valence-corrected chi connectivity index (χ2v) is 5.04. The molecule has 3 rings (SSSR count). The first-order valence-corrected chi connectivity index (χ1v) is 6.63. The summed E-state index contributed by atoms with van der Waals surface area (Å²) in [6.07, 6.45) is 5.85. The van der Waals surface area contributed by atoms with Gasteiger partial charge in [-0.1, -0.05) is 12.1 Å². The van der Waals surface area contributed by atoms with Gasteiger partial charge in [0, 0.05) is 18.4 Å². The number of esters is 1. The van der Waals surface area contributed by atoms with Gasteiger partial charge in [0.1, 0.15) is 0 Å². The number of aromatic nitrogens is 2. The topological polar surface area (TPSA) is 53.2 Å². The van der Waals surface area contributed by atoms with Gasteiger partial charge >= 0.3 is 11.7 Å². The van der Waals surface area contributed by atoms with Crippen LogP contribution in [0.3, 0.4) is 0 Å². The molecule has 0 bridgehead atoms. The third-order valence-electron chi connectivity index (χ3n) is 3.54. The molecular formula is C15H16N2O3. The summed E-state index contributed by atoms with van der Waals surface area (Å²) in [5.74, 6) is -0.353. The van der Waals surface area contributed by atoms with E-state index in [1.807, 2.05) is 24.5 Å². The molecule has 2 aromatic rings. The summed E-state index contributed by atoms with van der Waals surface area (Å²) in [5.41, 5.74) is 1.52. The van der Waals surface area contributed by atoms with Gasteiger partial charge in [-0.15, -0.1) is 0 Å². The quantitative estimate of drug-likeness (QED) is 0.798. The number of nitrogens with zero attached hydrogens (tertiary/aromatic N) is 2. The highest BCUT2D eigenvalue weighted by Gasteiger charge is 2.25. The molecule has 1 aliphatic carbocycles. The molecule has 0 unspecified atom stereocenters. The molecule has 1 fully saturated rings. The molecule has 0 saturated heterocycles. The summed E-state index contributed by atoms with van der Waals surface area (Å²) in [6, 6.07) is 7.50. The Morgan fingerprint density at radius 1 is 1.25 bits per heavy atom. The molecule has 0 atom stereocenters. The first-order valence-electron chi connectivity index (χ1n) is 6.63. The zero-order chi connectivity index (χ0) is 14.1. The van der Waals surface area contributed by atoms with E-state index in [0.717, 1.165) is 18.4 Å². The molecular weight excluding hydrogens is 256 g/mol. The van der Waals surface area contributed by atoms with Crippen LogP contribution in [0.1, 0.15) is 34.8 Å². The zero-order valence-corrected chi connectivity index (χ0v) is 11.3. The minimum absolute atomic E-state index is 0.0320. The van der Waals surface area contributed by atoms with Gasteiger partial charge in [0.25, 0.3) is 0 Å². The monoisotopic (exact) mass is 272 g/mol. The fourth-order valence-electron chi connectivity index (χ4n) is 2.24. The Morgan fingerprint density at radius 3 is 2.55 bits per heavy atom. The van der Waals surface area contributed by atoms with E-state index in [-0.39, 0.29) is 11.7 Å². The van der Waals surface area contributed by atoms with Crippen LogP contribution in [0.5, 0.6) is 0 Å².